The lowest BCUT2D eigenvalue weighted by Crippen LogP contribution is -2.06. The maximum Gasteiger partial charge on any atom is 0.294 e. The second kappa shape index (κ2) is 6.85. The van der Waals surface area contributed by atoms with Crippen LogP contribution in [0.2, 0.25) is 0 Å². The van der Waals surface area contributed by atoms with Crippen molar-refractivity contribution in [2.75, 3.05) is 0 Å². The molecule has 2 rings (SSSR count). The number of hydrogen-bond acceptors (Lipinski definition) is 8. The fourth-order valence-corrected chi connectivity index (χ4v) is 4.43. The molecule has 0 radical (unpaired) electrons. The molecule has 0 unspecified atom stereocenters. The van der Waals surface area contributed by atoms with Gasteiger partial charge in [0.25, 0.3) is 40.5 Å². The first-order valence-corrected chi connectivity index (χ1v) is 12.4. The van der Waals surface area contributed by atoms with Crippen molar-refractivity contribution < 1.29 is 51.9 Å². The normalized spacial score (nSPS) is 13.4. The molecule has 0 bridgehead atoms. The molecule has 0 saturated heterocycles. The van der Waals surface area contributed by atoms with Gasteiger partial charge in [-0.1, -0.05) is 0 Å². The minimum Gasteiger partial charge on any atom is -0.282 e. The topological polar surface area (TPSA) is 217 Å². The van der Waals surface area contributed by atoms with E-state index >= 15 is 0 Å². The van der Waals surface area contributed by atoms with Crippen LogP contribution in [0.4, 0.5) is 0 Å². The highest BCUT2D eigenvalue weighted by molar-refractivity contribution is 7.87. The van der Waals surface area contributed by atoms with E-state index in [0.717, 1.165) is 0 Å². The molecule has 16 heteroatoms. The Balaban J connectivity index is 2.98. The quantitative estimate of drug-likeness (QED) is 0.431. The Kier molecular flexibility index (Phi) is 5.47. The maximum atomic E-state index is 11.4. The summed E-state index contributed by atoms with van der Waals surface area (Å²) in [5.74, 6) is 0. The van der Waals surface area contributed by atoms with E-state index in [1.807, 2.05) is 0 Å². The molecule has 0 aliphatic heterocycles. The van der Waals surface area contributed by atoms with Gasteiger partial charge in [-0.25, -0.2) is 0 Å². The van der Waals surface area contributed by atoms with Crippen LogP contribution in [0.5, 0.6) is 0 Å². The van der Waals surface area contributed by atoms with Crippen molar-refractivity contribution in [2.45, 2.75) is 19.6 Å². The van der Waals surface area contributed by atoms with Gasteiger partial charge < -0.3 is 0 Å². The average Bonchev–Trinajstić information content (AvgIpc) is 2.50. The summed E-state index contributed by atoms with van der Waals surface area (Å²) in [5.41, 5.74) is -0.976. The third kappa shape index (κ3) is 5.11. The smallest absolute Gasteiger partial charge is 0.282 e. The highest BCUT2D eigenvalue weighted by Crippen LogP contribution is 2.30. The van der Waals surface area contributed by atoms with Gasteiger partial charge in [-0.2, -0.15) is 33.7 Å². The SMILES string of the molecule is O=S(=O)(O)c1cc(-c2cc(S(=O)(=O)O)cc(S(=O)(=O)O)c2)cc(S(=O)(=O)O)c1. The lowest BCUT2D eigenvalue weighted by molar-refractivity contribution is 0.476. The summed E-state index contributed by atoms with van der Waals surface area (Å²) < 4.78 is 127. The van der Waals surface area contributed by atoms with Crippen LogP contribution in [0, 0.1) is 0 Å². The molecule has 0 fully saturated rings. The van der Waals surface area contributed by atoms with E-state index in [1.54, 1.807) is 0 Å². The van der Waals surface area contributed by atoms with Gasteiger partial charge in [-0.3, -0.25) is 18.2 Å². The Morgan fingerprint density at radius 3 is 0.714 bits per heavy atom. The van der Waals surface area contributed by atoms with Crippen molar-refractivity contribution in [3.05, 3.63) is 36.4 Å². The zero-order valence-electron chi connectivity index (χ0n) is 13.2. The molecule has 154 valence electrons. The fourth-order valence-electron chi connectivity index (χ4n) is 2.07. The summed E-state index contributed by atoms with van der Waals surface area (Å²) in [4.78, 5) is -4.10. The molecule has 2 aromatic rings. The number of hydrogen-bond donors (Lipinski definition) is 4. The van der Waals surface area contributed by atoms with Crippen LogP contribution in [0.3, 0.4) is 0 Å². The van der Waals surface area contributed by atoms with E-state index in [1.165, 1.54) is 0 Å². The Morgan fingerprint density at radius 2 is 0.571 bits per heavy atom. The van der Waals surface area contributed by atoms with Crippen molar-refractivity contribution in [3.8, 4) is 11.1 Å². The Bertz CT molecular complexity index is 1170. The summed E-state index contributed by atoms with van der Waals surface area (Å²) in [5, 5.41) is 0. The molecule has 28 heavy (non-hydrogen) atoms. The fraction of sp³-hybridized carbons (Fsp3) is 0. The van der Waals surface area contributed by atoms with Gasteiger partial charge in [0.2, 0.25) is 0 Å². The van der Waals surface area contributed by atoms with Gasteiger partial charge in [0, 0.05) is 0 Å². The van der Waals surface area contributed by atoms with Crippen molar-refractivity contribution >= 4 is 40.5 Å². The first-order valence-electron chi connectivity index (χ1n) is 6.59. The maximum absolute atomic E-state index is 11.4. The first kappa shape index (κ1) is 22.4. The molecule has 0 aliphatic rings. The van der Waals surface area contributed by atoms with Crippen molar-refractivity contribution in [1.82, 2.24) is 0 Å². The molecule has 0 saturated carbocycles. The van der Waals surface area contributed by atoms with Gasteiger partial charge in [0.05, 0.1) is 19.6 Å². The summed E-state index contributed by atoms with van der Waals surface area (Å²) in [6, 6.07) is 3.35. The Morgan fingerprint density at radius 1 is 0.393 bits per heavy atom. The van der Waals surface area contributed by atoms with Crippen molar-refractivity contribution in [1.29, 1.82) is 0 Å². The van der Waals surface area contributed by atoms with E-state index in [2.05, 4.69) is 0 Å². The van der Waals surface area contributed by atoms with E-state index < -0.39 is 71.2 Å². The number of benzene rings is 2. The van der Waals surface area contributed by atoms with Crippen LogP contribution in [0.15, 0.2) is 56.0 Å². The summed E-state index contributed by atoms with van der Waals surface area (Å²) in [7, 11) is -20.0. The van der Waals surface area contributed by atoms with Gasteiger partial charge in [-0.05, 0) is 47.5 Å². The van der Waals surface area contributed by atoms with E-state index in [4.69, 9.17) is 18.2 Å². The lowest BCUT2D eigenvalue weighted by atomic mass is 10.1. The van der Waals surface area contributed by atoms with Crippen LogP contribution in [-0.2, 0) is 40.5 Å². The first-order chi connectivity index (χ1) is 12.4. The van der Waals surface area contributed by atoms with Crippen LogP contribution < -0.4 is 0 Å². The molecule has 0 spiro atoms. The molecular formula is C12H10O12S4. The van der Waals surface area contributed by atoms with Gasteiger partial charge in [0.15, 0.2) is 0 Å². The molecular weight excluding hydrogens is 464 g/mol. The molecule has 0 amide bonds. The monoisotopic (exact) mass is 474 g/mol. The van der Waals surface area contributed by atoms with E-state index in [-0.39, 0.29) is 0 Å². The molecule has 4 N–H and O–H groups in total. The van der Waals surface area contributed by atoms with Crippen molar-refractivity contribution in [3.63, 3.8) is 0 Å². The molecule has 0 aromatic heterocycles. The minimum atomic E-state index is -5.00. The molecule has 0 aliphatic carbocycles. The highest BCUT2D eigenvalue weighted by Gasteiger charge is 2.22. The molecule has 0 heterocycles. The van der Waals surface area contributed by atoms with E-state index in [9.17, 15) is 33.7 Å². The Labute approximate surface area is 159 Å². The van der Waals surface area contributed by atoms with Crippen LogP contribution >= 0.6 is 0 Å². The van der Waals surface area contributed by atoms with Crippen molar-refractivity contribution in [2.24, 2.45) is 0 Å². The largest absolute Gasteiger partial charge is 0.294 e. The predicted molar refractivity (Wildman–Crippen MR) is 91.1 cm³/mol. The third-order valence-electron chi connectivity index (χ3n) is 3.28. The molecule has 0 atom stereocenters. The summed E-state index contributed by atoms with van der Waals surface area (Å²) in [6.45, 7) is 0. The third-order valence-corrected chi connectivity index (χ3v) is 6.61. The average molecular weight is 474 g/mol. The molecule has 12 nitrogen and oxygen atoms in total. The lowest BCUT2D eigenvalue weighted by Gasteiger charge is -2.10. The van der Waals surface area contributed by atoms with Crippen LogP contribution in [0.25, 0.3) is 11.1 Å². The second-order valence-electron chi connectivity index (χ2n) is 5.29. The highest BCUT2D eigenvalue weighted by atomic mass is 32.2. The predicted octanol–water partition coefficient (Wildman–Crippen LogP) is 0.340. The van der Waals surface area contributed by atoms with Gasteiger partial charge in [0.1, 0.15) is 0 Å². The summed E-state index contributed by atoms with van der Waals surface area (Å²) >= 11 is 0. The summed E-state index contributed by atoms with van der Waals surface area (Å²) in [6.07, 6.45) is 0. The Hall–Kier alpha value is -1.92. The van der Waals surface area contributed by atoms with E-state index in [0.29, 0.717) is 36.4 Å². The zero-order chi connectivity index (χ0) is 21.7. The second-order valence-corrected chi connectivity index (χ2v) is 11.0. The zero-order valence-corrected chi connectivity index (χ0v) is 16.4. The standard InChI is InChI=1S/C12H10O12S4/c13-25(14,15)9-1-7(2-10(5-9)26(16,17)18)8-3-11(27(19,20)21)6-12(4-8)28(22,23)24/h1-6H,(H,13,14,15)(H,16,17,18)(H,19,20,21)(H,22,23,24). The van der Waals surface area contributed by atoms with Crippen LogP contribution in [-0.4, -0.2) is 51.9 Å². The van der Waals surface area contributed by atoms with Crippen LogP contribution in [0.1, 0.15) is 0 Å². The number of rotatable bonds is 5. The van der Waals surface area contributed by atoms with Gasteiger partial charge >= 0.3 is 0 Å². The molecule has 2 aromatic carbocycles. The minimum absolute atomic E-state index is 0.393. The van der Waals surface area contributed by atoms with Gasteiger partial charge in [-0.15, -0.1) is 0 Å².